The zero-order valence-electron chi connectivity index (χ0n) is 18.3. The van der Waals surface area contributed by atoms with Gasteiger partial charge in [-0.1, -0.05) is 44.2 Å². The molecule has 0 aromatic heterocycles. The molecule has 1 amide bonds. The Kier molecular flexibility index (Phi) is 6.08. The van der Waals surface area contributed by atoms with Gasteiger partial charge in [0.25, 0.3) is 0 Å². The van der Waals surface area contributed by atoms with Crippen molar-refractivity contribution < 1.29 is 17.9 Å². The molecular formula is C24H30N2O4S. The third kappa shape index (κ3) is 4.48. The number of ether oxygens (including phenoxy) is 1. The molecule has 2 heterocycles. The number of benzene rings is 2. The maximum Gasteiger partial charge on any atom is 0.241 e. The van der Waals surface area contributed by atoms with Gasteiger partial charge in [-0.05, 0) is 41.7 Å². The summed E-state index contributed by atoms with van der Waals surface area (Å²) in [5.74, 6) is 1.28. The summed E-state index contributed by atoms with van der Waals surface area (Å²) in [5.41, 5.74) is 3.04. The first kappa shape index (κ1) is 21.8. The molecule has 0 bridgehead atoms. The van der Waals surface area contributed by atoms with Gasteiger partial charge < -0.3 is 9.64 Å². The number of carbonyl (C=O) groups excluding carboxylic acids is 1. The SMILES string of the molecule is COc1ccccc1CCN1CC(=O)N(c2ccc(C(C)C)cc2)C2CS(=O)(=O)CC21. The van der Waals surface area contributed by atoms with Gasteiger partial charge in [-0.3, -0.25) is 9.69 Å². The first-order valence-electron chi connectivity index (χ1n) is 10.8. The third-order valence-electron chi connectivity index (χ3n) is 6.40. The number of hydrogen-bond acceptors (Lipinski definition) is 5. The molecule has 2 aromatic rings. The number of sulfone groups is 1. The molecule has 0 spiro atoms. The van der Waals surface area contributed by atoms with Crippen LogP contribution in [0.2, 0.25) is 0 Å². The smallest absolute Gasteiger partial charge is 0.241 e. The van der Waals surface area contributed by atoms with Crippen molar-refractivity contribution in [1.29, 1.82) is 0 Å². The van der Waals surface area contributed by atoms with Crippen molar-refractivity contribution in [2.24, 2.45) is 0 Å². The lowest BCUT2D eigenvalue weighted by atomic mass is 9.99. The van der Waals surface area contributed by atoms with Gasteiger partial charge in [-0.2, -0.15) is 0 Å². The highest BCUT2D eigenvalue weighted by atomic mass is 32.2. The Morgan fingerprint density at radius 2 is 1.71 bits per heavy atom. The third-order valence-corrected chi connectivity index (χ3v) is 8.10. The number of carbonyl (C=O) groups is 1. The number of hydrogen-bond donors (Lipinski definition) is 0. The molecule has 6 nitrogen and oxygen atoms in total. The fraction of sp³-hybridized carbons (Fsp3) is 0.458. The van der Waals surface area contributed by atoms with Crippen LogP contribution in [0.5, 0.6) is 5.75 Å². The molecule has 2 atom stereocenters. The van der Waals surface area contributed by atoms with Crippen molar-refractivity contribution in [3.8, 4) is 5.75 Å². The van der Waals surface area contributed by atoms with E-state index in [2.05, 4.69) is 13.8 Å². The number of methoxy groups -OCH3 is 1. The maximum absolute atomic E-state index is 13.2. The van der Waals surface area contributed by atoms with Crippen LogP contribution in [0.4, 0.5) is 5.69 Å². The summed E-state index contributed by atoms with van der Waals surface area (Å²) in [7, 11) is -1.56. The van der Waals surface area contributed by atoms with Crippen LogP contribution in [-0.2, 0) is 21.1 Å². The molecule has 0 radical (unpaired) electrons. The molecule has 0 aliphatic carbocycles. The van der Waals surface area contributed by atoms with Gasteiger partial charge in [0.1, 0.15) is 5.75 Å². The number of rotatable bonds is 6. The number of anilines is 1. The van der Waals surface area contributed by atoms with E-state index in [9.17, 15) is 13.2 Å². The van der Waals surface area contributed by atoms with Crippen LogP contribution in [0, 0.1) is 0 Å². The summed E-state index contributed by atoms with van der Waals surface area (Å²) < 4.78 is 30.6. The second-order valence-corrected chi connectivity index (χ2v) is 10.9. The standard InChI is InChI=1S/C24H30N2O4S/c1-17(2)18-8-10-20(11-9-18)26-22-16-31(28,29)15-21(22)25(14-24(26)27)13-12-19-6-4-5-7-23(19)30-3/h4-11,17,21-22H,12-16H2,1-3H3. The van der Waals surface area contributed by atoms with E-state index in [1.165, 1.54) is 5.56 Å². The van der Waals surface area contributed by atoms with Crippen LogP contribution < -0.4 is 9.64 Å². The predicted octanol–water partition coefficient (Wildman–Crippen LogP) is 2.88. The van der Waals surface area contributed by atoms with Crippen molar-refractivity contribution in [3.63, 3.8) is 0 Å². The molecule has 2 fully saturated rings. The van der Waals surface area contributed by atoms with E-state index in [1.54, 1.807) is 12.0 Å². The van der Waals surface area contributed by atoms with E-state index in [0.717, 1.165) is 17.0 Å². The minimum absolute atomic E-state index is 0.0144. The Hall–Kier alpha value is -2.38. The first-order valence-corrected chi connectivity index (χ1v) is 12.6. The normalized spacial score (nSPS) is 23.2. The molecule has 2 aliphatic heterocycles. The molecule has 2 aliphatic rings. The lowest BCUT2D eigenvalue weighted by Gasteiger charge is -2.43. The Bertz CT molecular complexity index is 1050. The molecule has 0 saturated carbocycles. The highest BCUT2D eigenvalue weighted by Gasteiger charge is 2.49. The van der Waals surface area contributed by atoms with E-state index < -0.39 is 9.84 Å². The summed E-state index contributed by atoms with van der Waals surface area (Å²) in [6, 6.07) is 15.2. The number of para-hydroxylation sites is 1. The van der Waals surface area contributed by atoms with E-state index >= 15 is 0 Å². The van der Waals surface area contributed by atoms with Crippen molar-refractivity contribution >= 4 is 21.4 Å². The summed E-state index contributed by atoms with van der Waals surface area (Å²) in [6.45, 7) is 5.08. The zero-order chi connectivity index (χ0) is 22.2. The predicted molar refractivity (Wildman–Crippen MR) is 123 cm³/mol. The van der Waals surface area contributed by atoms with Gasteiger partial charge in [0.15, 0.2) is 9.84 Å². The summed E-state index contributed by atoms with van der Waals surface area (Å²) >= 11 is 0. The minimum atomic E-state index is -3.20. The minimum Gasteiger partial charge on any atom is -0.496 e. The quantitative estimate of drug-likeness (QED) is 0.688. The summed E-state index contributed by atoms with van der Waals surface area (Å²) in [5, 5.41) is 0. The summed E-state index contributed by atoms with van der Waals surface area (Å²) in [6.07, 6.45) is 0.698. The van der Waals surface area contributed by atoms with Gasteiger partial charge in [-0.15, -0.1) is 0 Å². The van der Waals surface area contributed by atoms with Gasteiger partial charge in [-0.25, -0.2) is 8.42 Å². The highest BCUT2D eigenvalue weighted by Crippen LogP contribution is 2.32. The number of fused-ring (bicyclic) bond motifs is 1. The molecule has 0 N–H and O–H groups in total. The Morgan fingerprint density at radius 3 is 2.39 bits per heavy atom. The van der Waals surface area contributed by atoms with Crippen molar-refractivity contribution in [2.45, 2.75) is 38.3 Å². The van der Waals surface area contributed by atoms with Gasteiger partial charge >= 0.3 is 0 Å². The number of amides is 1. The molecule has 7 heteroatoms. The van der Waals surface area contributed by atoms with Crippen LogP contribution in [0.3, 0.4) is 0 Å². The zero-order valence-corrected chi connectivity index (χ0v) is 19.1. The highest BCUT2D eigenvalue weighted by molar-refractivity contribution is 7.91. The monoisotopic (exact) mass is 442 g/mol. The van der Waals surface area contributed by atoms with Crippen LogP contribution in [0.1, 0.15) is 30.9 Å². The number of piperazine rings is 1. The van der Waals surface area contributed by atoms with Gasteiger partial charge in [0, 0.05) is 18.3 Å². The van der Waals surface area contributed by atoms with Crippen LogP contribution in [0.15, 0.2) is 48.5 Å². The van der Waals surface area contributed by atoms with Crippen molar-refractivity contribution in [3.05, 3.63) is 59.7 Å². The van der Waals surface area contributed by atoms with Crippen LogP contribution in [-0.4, -0.2) is 63.0 Å². The fourth-order valence-corrected chi connectivity index (χ4v) is 6.71. The largest absolute Gasteiger partial charge is 0.496 e. The van der Waals surface area contributed by atoms with Crippen LogP contribution in [0.25, 0.3) is 0 Å². The number of nitrogens with zero attached hydrogens (tertiary/aromatic N) is 2. The molecule has 31 heavy (non-hydrogen) atoms. The van der Waals surface area contributed by atoms with Crippen molar-refractivity contribution in [2.75, 3.05) is 36.6 Å². The fourth-order valence-electron chi connectivity index (χ4n) is 4.73. The Morgan fingerprint density at radius 1 is 1.03 bits per heavy atom. The maximum atomic E-state index is 13.2. The molecule has 166 valence electrons. The lowest BCUT2D eigenvalue weighted by Crippen LogP contribution is -2.62. The van der Waals surface area contributed by atoms with E-state index in [4.69, 9.17) is 4.74 Å². The van der Waals surface area contributed by atoms with Crippen LogP contribution >= 0.6 is 0 Å². The molecule has 2 aromatic carbocycles. The Balaban J connectivity index is 1.57. The molecule has 4 rings (SSSR count). The topological polar surface area (TPSA) is 66.9 Å². The molecule has 2 unspecified atom stereocenters. The van der Waals surface area contributed by atoms with E-state index in [-0.39, 0.29) is 36.0 Å². The Labute approximate surface area is 184 Å². The molecular weight excluding hydrogens is 412 g/mol. The van der Waals surface area contributed by atoms with Crippen molar-refractivity contribution in [1.82, 2.24) is 4.90 Å². The molecule has 2 saturated heterocycles. The van der Waals surface area contributed by atoms with E-state index in [0.29, 0.717) is 18.9 Å². The first-order chi connectivity index (χ1) is 14.8. The lowest BCUT2D eigenvalue weighted by molar-refractivity contribution is -0.123. The van der Waals surface area contributed by atoms with E-state index in [1.807, 2.05) is 53.4 Å². The summed E-state index contributed by atoms with van der Waals surface area (Å²) in [4.78, 5) is 16.9. The second-order valence-electron chi connectivity index (χ2n) is 8.75. The van der Waals surface area contributed by atoms with Gasteiger partial charge in [0.05, 0.1) is 31.2 Å². The second kappa shape index (κ2) is 8.63. The average molecular weight is 443 g/mol. The van der Waals surface area contributed by atoms with Gasteiger partial charge in [0.2, 0.25) is 5.91 Å². The average Bonchev–Trinajstić information content (AvgIpc) is 3.07.